The third kappa shape index (κ3) is 4.65. The van der Waals surface area contributed by atoms with Crippen molar-refractivity contribution in [3.05, 3.63) is 51.9 Å². The van der Waals surface area contributed by atoms with Crippen molar-refractivity contribution in [2.45, 2.75) is 38.7 Å². The number of alkyl halides is 2. The molecule has 1 aliphatic rings. The number of halogens is 3. The number of pyridine rings is 2. The molecule has 0 unspecified atom stereocenters. The van der Waals surface area contributed by atoms with Gasteiger partial charge in [-0.3, -0.25) is 4.79 Å². The maximum atomic E-state index is 13.5. The van der Waals surface area contributed by atoms with Crippen LogP contribution in [0, 0.1) is 0 Å². The number of hydrogen-bond acceptors (Lipinski definition) is 5. The summed E-state index contributed by atoms with van der Waals surface area (Å²) in [5.74, 6) is -2.01. The van der Waals surface area contributed by atoms with Gasteiger partial charge in [0.1, 0.15) is 5.82 Å². The van der Waals surface area contributed by atoms with Crippen LogP contribution < -0.4 is 21.1 Å². The predicted octanol–water partition coefficient (Wildman–Crippen LogP) is 5.39. The second kappa shape index (κ2) is 8.58. The van der Waals surface area contributed by atoms with E-state index in [2.05, 4.69) is 15.6 Å². The highest BCUT2D eigenvalue weighted by Gasteiger charge is 2.34. The molecule has 4 rings (SSSR count). The molecule has 1 aliphatic heterocycles. The number of anilines is 4. The number of piperidine rings is 1. The molecule has 0 amide bonds. The number of nitrogens with zero attached hydrogens (tertiary/aromatic N) is 3. The maximum Gasteiger partial charge on any atom is 0.252 e. The first-order valence-corrected chi connectivity index (χ1v) is 11.0. The fourth-order valence-electron chi connectivity index (χ4n) is 3.88. The van der Waals surface area contributed by atoms with Crippen LogP contribution in [0.5, 0.6) is 0 Å². The lowest BCUT2D eigenvalue weighted by atomic mass is 10.1. The molecule has 3 heterocycles. The zero-order valence-corrected chi connectivity index (χ0v) is 19.0. The molecule has 1 saturated heterocycles. The van der Waals surface area contributed by atoms with Crippen LogP contribution in [0.3, 0.4) is 0 Å². The van der Waals surface area contributed by atoms with Crippen LogP contribution in [0.4, 0.5) is 31.7 Å². The Kier molecular flexibility index (Phi) is 5.99. The van der Waals surface area contributed by atoms with Crippen molar-refractivity contribution in [3.63, 3.8) is 0 Å². The summed E-state index contributed by atoms with van der Waals surface area (Å²) in [7, 11) is 1.74. The van der Waals surface area contributed by atoms with Gasteiger partial charge in [-0.1, -0.05) is 11.6 Å². The second-order valence-corrected chi connectivity index (χ2v) is 8.88. The van der Waals surface area contributed by atoms with Crippen LogP contribution in [0.2, 0.25) is 5.02 Å². The SMILES string of the molecule is CC(C)Nc1cc(=O)n(C)c2ccc(Nc3cc(N4CCC(F)(F)CC4)ncc3Cl)cc12. The molecule has 0 saturated carbocycles. The van der Waals surface area contributed by atoms with E-state index >= 15 is 0 Å². The number of aromatic nitrogens is 2. The van der Waals surface area contributed by atoms with Crippen molar-refractivity contribution in [1.29, 1.82) is 0 Å². The van der Waals surface area contributed by atoms with E-state index in [0.717, 1.165) is 22.3 Å². The smallest absolute Gasteiger partial charge is 0.252 e. The average Bonchev–Trinajstić information content (AvgIpc) is 2.73. The van der Waals surface area contributed by atoms with Crippen molar-refractivity contribution in [1.82, 2.24) is 9.55 Å². The van der Waals surface area contributed by atoms with E-state index in [0.29, 0.717) is 16.5 Å². The normalized spacial score (nSPS) is 15.9. The van der Waals surface area contributed by atoms with Gasteiger partial charge in [-0.05, 0) is 32.0 Å². The third-order valence-electron chi connectivity index (χ3n) is 5.63. The third-order valence-corrected chi connectivity index (χ3v) is 5.93. The summed E-state index contributed by atoms with van der Waals surface area (Å²) in [5.41, 5.74) is 2.90. The molecule has 2 aromatic heterocycles. The van der Waals surface area contributed by atoms with E-state index in [1.807, 2.05) is 36.9 Å². The molecule has 2 N–H and O–H groups in total. The zero-order chi connectivity index (χ0) is 23.0. The summed E-state index contributed by atoms with van der Waals surface area (Å²) in [4.78, 5) is 18.5. The van der Waals surface area contributed by atoms with Crippen molar-refractivity contribution in [2.75, 3.05) is 28.6 Å². The molecular formula is C23H26ClF2N5O. The molecule has 1 fully saturated rings. The van der Waals surface area contributed by atoms with Crippen molar-refractivity contribution < 1.29 is 8.78 Å². The first-order chi connectivity index (χ1) is 15.1. The van der Waals surface area contributed by atoms with Gasteiger partial charge in [0.05, 0.1) is 22.4 Å². The minimum atomic E-state index is -2.61. The first kappa shape index (κ1) is 22.3. The molecule has 170 valence electrons. The number of benzene rings is 1. The highest BCUT2D eigenvalue weighted by molar-refractivity contribution is 6.33. The van der Waals surface area contributed by atoms with Gasteiger partial charge in [0, 0.05) is 67.9 Å². The Bertz CT molecular complexity index is 1200. The van der Waals surface area contributed by atoms with Crippen molar-refractivity contribution in [2.24, 2.45) is 7.05 Å². The lowest BCUT2D eigenvalue weighted by molar-refractivity contribution is -0.0221. The zero-order valence-electron chi connectivity index (χ0n) is 18.3. The maximum absolute atomic E-state index is 13.5. The average molecular weight is 462 g/mol. The van der Waals surface area contributed by atoms with Gasteiger partial charge in [0.15, 0.2) is 0 Å². The monoisotopic (exact) mass is 461 g/mol. The van der Waals surface area contributed by atoms with Crippen molar-refractivity contribution >= 4 is 45.4 Å². The Morgan fingerprint density at radius 3 is 2.53 bits per heavy atom. The van der Waals surface area contributed by atoms with E-state index < -0.39 is 5.92 Å². The molecule has 3 aromatic rings. The molecule has 0 spiro atoms. The number of aryl methyl sites for hydroxylation is 1. The van der Waals surface area contributed by atoms with Crippen LogP contribution in [0.25, 0.3) is 10.9 Å². The van der Waals surface area contributed by atoms with E-state index in [4.69, 9.17) is 11.6 Å². The minimum absolute atomic E-state index is 0.0877. The molecular weight excluding hydrogens is 436 g/mol. The summed E-state index contributed by atoms with van der Waals surface area (Å²) >= 11 is 6.37. The predicted molar refractivity (Wildman–Crippen MR) is 127 cm³/mol. The summed E-state index contributed by atoms with van der Waals surface area (Å²) < 4.78 is 28.6. The number of fused-ring (bicyclic) bond motifs is 1. The Morgan fingerprint density at radius 1 is 1.12 bits per heavy atom. The van der Waals surface area contributed by atoms with Gasteiger partial charge in [0.2, 0.25) is 0 Å². The molecule has 32 heavy (non-hydrogen) atoms. The lowest BCUT2D eigenvalue weighted by Crippen LogP contribution is -2.39. The molecule has 0 atom stereocenters. The van der Waals surface area contributed by atoms with Crippen LogP contribution in [-0.2, 0) is 7.05 Å². The Balaban J connectivity index is 1.66. The van der Waals surface area contributed by atoms with Crippen LogP contribution >= 0.6 is 11.6 Å². The summed E-state index contributed by atoms with van der Waals surface area (Å²) in [6.07, 6.45) is 1.16. The highest BCUT2D eigenvalue weighted by atomic mass is 35.5. The molecule has 9 heteroatoms. The molecule has 0 aliphatic carbocycles. The van der Waals surface area contributed by atoms with Gasteiger partial charge in [-0.25, -0.2) is 13.8 Å². The van der Waals surface area contributed by atoms with Crippen LogP contribution in [0.15, 0.2) is 41.3 Å². The van der Waals surface area contributed by atoms with Gasteiger partial charge in [-0.15, -0.1) is 0 Å². The van der Waals surface area contributed by atoms with E-state index in [1.165, 1.54) is 6.20 Å². The molecule has 1 aromatic carbocycles. The topological polar surface area (TPSA) is 62.2 Å². The fraction of sp³-hybridized carbons (Fsp3) is 0.391. The molecule has 0 bridgehead atoms. The van der Waals surface area contributed by atoms with Crippen LogP contribution in [-0.4, -0.2) is 34.6 Å². The fourth-order valence-corrected chi connectivity index (χ4v) is 4.03. The lowest BCUT2D eigenvalue weighted by Gasteiger charge is -2.32. The van der Waals surface area contributed by atoms with Gasteiger partial charge >= 0.3 is 0 Å². The Morgan fingerprint density at radius 2 is 1.84 bits per heavy atom. The van der Waals surface area contributed by atoms with Gasteiger partial charge in [0.25, 0.3) is 11.5 Å². The Labute approximate surface area is 190 Å². The van der Waals surface area contributed by atoms with Gasteiger partial charge in [-0.2, -0.15) is 0 Å². The number of nitrogens with one attached hydrogen (secondary N) is 2. The van der Waals surface area contributed by atoms with Crippen LogP contribution in [0.1, 0.15) is 26.7 Å². The van der Waals surface area contributed by atoms with E-state index in [9.17, 15) is 13.6 Å². The summed E-state index contributed by atoms with van der Waals surface area (Å²) in [6, 6.07) is 9.25. The highest BCUT2D eigenvalue weighted by Crippen LogP contribution is 2.34. The Hall–Kier alpha value is -2.87. The standard InChI is InChI=1S/C23H26ClF2N5O/c1-14(2)28-18-12-22(32)30(3)20-5-4-15(10-16(18)20)29-19-11-21(27-13-17(19)24)31-8-6-23(25,26)7-9-31/h4-5,10-14,28H,6-9H2,1-3H3,(H,27,29). The van der Waals surface area contributed by atoms with E-state index in [1.54, 1.807) is 23.7 Å². The van der Waals surface area contributed by atoms with Gasteiger partial charge < -0.3 is 20.1 Å². The largest absolute Gasteiger partial charge is 0.382 e. The molecule has 0 radical (unpaired) electrons. The molecule has 6 nitrogen and oxygen atoms in total. The second-order valence-electron chi connectivity index (χ2n) is 8.48. The quantitative estimate of drug-likeness (QED) is 0.533. The van der Waals surface area contributed by atoms with Crippen molar-refractivity contribution in [3.8, 4) is 0 Å². The first-order valence-electron chi connectivity index (χ1n) is 10.6. The number of hydrogen-bond donors (Lipinski definition) is 2. The minimum Gasteiger partial charge on any atom is -0.382 e. The van der Waals surface area contributed by atoms with E-state index in [-0.39, 0.29) is 37.5 Å². The number of rotatable bonds is 5. The summed E-state index contributed by atoms with van der Waals surface area (Å²) in [6.45, 7) is 4.52. The summed E-state index contributed by atoms with van der Waals surface area (Å²) in [5, 5.41) is 7.97.